The highest BCUT2D eigenvalue weighted by molar-refractivity contribution is 9.10. The molecule has 1 N–H and O–H groups in total. The van der Waals surface area contributed by atoms with Crippen molar-refractivity contribution in [3.05, 3.63) is 56.5 Å². The molecule has 1 aromatic heterocycles. The van der Waals surface area contributed by atoms with Crippen LogP contribution >= 0.6 is 39.1 Å². The molecule has 2 aromatic rings. The third kappa shape index (κ3) is 4.89. The van der Waals surface area contributed by atoms with Gasteiger partial charge >= 0.3 is 5.97 Å². The van der Waals surface area contributed by atoms with Crippen LogP contribution in [0.5, 0.6) is 0 Å². The number of hydrogen-bond donors (Lipinski definition) is 1. The molecule has 23 heavy (non-hydrogen) atoms. The predicted molar refractivity (Wildman–Crippen MR) is 87.3 cm³/mol. The van der Waals surface area contributed by atoms with Crippen LogP contribution in [0.4, 0.5) is 10.1 Å². The number of esters is 1. The summed E-state index contributed by atoms with van der Waals surface area (Å²) in [7, 11) is 0. The highest BCUT2D eigenvalue weighted by Gasteiger charge is 2.16. The van der Waals surface area contributed by atoms with Gasteiger partial charge in [0.1, 0.15) is 11.0 Å². The first-order valence-corrected chi connectivity index (χ1v) is 7.66. The van der Waals surface area contributed by atoms with Gasteiger partial charge in [-0.2, -0.15) is 0 Å². The van der Waals surface area contributed by atoms with Crippen LogP contribution in [0.15, 0.2) is 34.8 Å². The minimum atomic E-state index is -0.913. The Morgan fingerprint density at radius 3 is 2.70 bits per heavy atom. The number of hydrogen-bond acceptors (Lipinski definition) is 4. The van der Waals surface area contributed by atoms with E-state index in [1.165, 1.54) is 24.3 Å². The van der Waals surface area contributed by atoms with Crippen LogP contribution in [0.2, 0.25) is 10.2 Å². The maximum absolute atomic E-state index is 13.6. The van der Waals surface area contributed by atoms with Crippen molar-refractivity contribution >= 4 is 56.7 Å². The van der Waals surface area contributed by atoms with Crippen molar-refractivity contribution in [3.63, 3.8) is 0 Å². The van der Waals surface area contributed by atoms with Gasteiger partial charge in [0.15, 0.2) is 12.3 Å². The lowest BCUT2D eigenvalue weighted by Gasteiger charge is -2.08. The maximum atomic E-state index is 13.6. The zero-order chi connectivity index (χ0) is 17.0. The van der Waals surface area contributed by atoms with Gasteiger partial charge in [-0.3, -0.25) is 4.79 Å². The molecule has 1 aromatic carbocycles. The van der Waals surface area contributed by atoms with Gasteiger partial charge in [0, 0.05) is 4.47 Å². The minimum absolute atomic E-state index is 0.0341. The van der Waals surface area contributed by atoms with Crippen molar-refractivity contribution in [2.45, 2.75) is 0 Å². The number of ether oxygens (including phenoxy) is 1. The van der Waals surface area contributed by atoms with E-state index in [0.717, 1.165) is 0 Å². The number of rotatable bonds is 4. The van der Waals surface area contributed by atoms with Gasteiger partial charge in [-0.05, 0) is 30.3 Å². The summed E-state index contributed by atoms with van der Waals surface area (Å²) in [6.45, 7) is -0.626. The van der Waals surface area contributed by atoms with E-state index in [0.29, 0.717) is 4.47 Å². The summed E-state index contributed by atoms with van der Waals surface area (Å²) in [5.41, 5.74) is -0.241. The summed E-state index contributed by atoms with van der Waals surface area (Å²) in [4.78, 5) is 27.2. The first kappa shape index (κ1) is 17.7. The highest BCUT2D eigenvalue weighted by atomic mass is 79.9. The highest BCUT2D eigenvalue weighted by Crippen LogP contribution is 2.20. The number of aromatic nitrogens is 1. The topological polar surface area (TPSA) is 68.3 Å². The fourth-order valence-electron chi connectivity index (χ4n) is 1.54. The summed E-state index contributed by atoms with van der Waals surface area (Å²) < 4.78 is 18.9. The molecule has 0 aliphatic carbocycles. The molecule has 0 unspecified atom stereocenters. The quantitative estimate of drug-likeness (QED) is 0.596. The zero-order valence-corrected chi connectivity index (χ0v) is 14.4. The largest absolute Gasteiger partial charge is 0.451 e. The van der Waals surface area contributed by atoms with Crippen molar-refractivity contribution in [1.29, 1.82) is 0 Å². The van der Waals surface area contributed by atoms with Crippen molar-refractivity contribution in [2.24, 2.45) is 0 Å². The number of nitrogens with one attached hydrogen (secondary N) is 1. The average molecular weight is 422 g/mol. The molecule has 0 aliphatic rings. The monoisotopic (exact) mass is 420 g/mol. The van der Waals surface area contributed by atoms with Crippen LogP contribution in [-0.4, -0.2) is 23.5 Å². The third-order valence-corrected chi connectivity index (χ3v) is 3.55. The Morgan fingerprint density at radius 1 is 1.26 bits per heavy atom. The lowest BCUT2D eigenvalue weighted by molar-refractivity contribution is -0.119. The van der Waals surface area contributed by atoms with Gasteiger partial charge in [-0.15, -0.1) is 0 Å². The Balaban J connectivity index is 1.96. The van der Waals surface area contributed by atoms with Crippen LogP contribution in [-0.2, 0) is 9.53 Å². The third-order valence-electron chi connectivity index (χ3n) is 2.54. The summed E-state index contributed by atoms with van der Waals surface area (Å²) >= 11 is 14.6. The smallest absolute Gasteiger partial charge is 0.359 e. The Bertz CT molecular complexity index is 774. The molecule has 1 heterocycles. The molecule has 0 fully saturated rings. The predicted octanol–water partition coefficient (Wildman–Crippen LogP) is 4.09. The van der Waals surface area contributed by atoms with Gasteiger partial charge in [0.05, 0.1) is 10.7 Å². The lowest BCUT2D eigenvalue weighted by Crippen LogP contribution is -2.22. The molecule has 120 valence electrons. The Kier molecular flexibility index (Phi) is 5.92. The van der Waals surface area contributed by atoms with Gasteiger partial charge in [-0.1, -0.05) is 39.1 Å². The molecule has 0 saturated carbocycles. The molecule has 1 amide bonds. The Morgan fingerprint density at radius 2 is 2.00 bits per heavy atom. The SMILES string of the molecule is O=C(COC(=O)c1nc(Cl)ccc1Cl)Nc1ccc(Br)cc1F. The number of benzene rings is 1. The number of halogens is 4. The Hall–Kier alpha value is -1.70. The minimum Gasteiger partial charge on any atom is -0.451 e. The summed E-state index contributed by atoms with van der Waals surface area (Å²) in [6, 6.07) is 6.90. The molecule has 9 heteroatoms. The number of nitrogens with zero attached hydrogens (tertiary/aromatic N) is 1. The van der Waals surface area contributed by atoms with Gasteiger partial charge in [-0.25, -0.2) is 14.2 Å². The first-order chi connectivity index (χ1) is 10.9. The first-order valence-electron chi connectivity index (χ1n) is 6.11. The standard InChI is InChI=1S/C14H8BrCl2FN2O3/c15-7-1-3-10(9(18)5-7)19-12(21)6-23-14(22)13-8(16)2-4-11(17)20-13/h1-5H,6H2,(H,19,21). The van der Waals surface area contributed by atoms with Gasteiger partial charge in [0.25, 0.3) is 5.91 Å². The molecule has 5 nitrogen and oxygen atoms in total. The zero-order valence-electron chi connectivity index (χ0n) is 11.3. The Labute approximate surface area is 148 Å². The van der Waals surface area contributed by atoms with E-state index in [2.05, 4.69) is 26.2 Å². The van der Waals surface area contributed by atoms with Crippen molar-refractivity contribution in [2.75, 3.05) is 11.9 Å². The number of anilines is 1. The van der Waals surface area contributed by atoms with E-state index < -0.39 is 24.3 Å². The summed E-state index contributed by atoms with van der Waals surface area (Å²) in [6.07, 6.45) is 0. The normalized spacial score (nSPS) is 10.3. The molecule has 0 atom stereocenters. The summed E-state index contributed by atoms with van der Waals surface area (Å²) in [5.74, 6) is -2.25. The van der Waals surface area contributed by atoms with Crippen LogP contribution in [0.3, 0.4) is 0 Å². The average Bonchev–Trinajstić information content (AvgIpc) is 2.50. The van der Waals surface area contributed by atoms with E-state index in [9.17, 15) is 14.0 Å². The van der Waals surface area contributed by atoms with E-state index in [4.69, 9.17) is 27.9 Å². The number of pyridine rings is 1. The van der Waals surface area contributed by atoms with Crippen LogP contribution in [0.25, 0.3) is 0 Å². The lowest BCUT2D eigenvalue weighted by atomic mass is 10.3. The van der Waals surface area contributed by atoms with Crippen LogP contribution in [0, 0.1) is 5.82 Å². The summed E-state index contributed by atoms with van der Waals surface area (Å²) in [5, 5.41) is 2.38. The van der Waals surface area contributed by atoms with Crippen LogP contribution < -0.4 is 5.32 Å². The fourth-order valence-corrected chi connectivity index (χ4v) is 2.20. The van der Waals surface area contributed by atoms with Crippen molar-refractivity contribution < 1.29 is 18.7 Å². The number of carbonyl (C=O) groups is 2. The molecular weight excluding hydrogens is 414 g/mol. The van der Waals surface area contributed by atoms with Gasteiger partial charge in [0.2, 0.25) is 0 Å². The van der Waals surface area contributed by atoms with E-state index >= 15 is 0 Å². The van der Waals surface area contributed by atoms with Crippen molar-refractivity contribution in [1.82, 2.24) is 4.98 Å². The maximum Gasteiger partial charge on any atom is 0.359 e. The molecule has 0 bridgehead atoms. The van der Waals surface area contributed by atoms with Crippen LogP contribution in [0.1, 0.15) is 10.5 Å². The fraction of sp³-hybridized carbons (Fsp3) is 0.0714. The molecule has 0 radical (unpaired) electrons. The van der Waals surface area contributed by atoms with E-state index in [-0.39, 0.29) is 21.6 Å². The molecule has 0 saturated heterocycles. The van der Waals surface area contributed by atoms with Gasteiger partial charge < -0.3 is 10.1 Å². The molecule has 0 aliphatic heterocycles. The van der Waals surface area contributed by atoms with E-state index in [1.807, 2.05) is 0 Å². The molecular formula is C14H8BrCl2FN2O3. The number of amides is 1. The second-order valence-corrected chi connectivity index (χ2v) is 5.92. The van der Waals surface area contributed by atoms with Crippen molar-refractivity contribution in [3.8, 4) is 0 Å². The second kappa shape index (κ2) is 7.72. The second-order valence-electron chi connectivity index (χ2n) is 4.21. The number of carbonyl (C=O) groups excluding carboxylic acids is 2. The van der Waals surface area contributed by atoms with E-state index in [1.54, 1.807) is 6.07 Å². The molecule has 2 rings (SSSR count). The molecule has 0 spiro atoms.